The van der Waals surface area contributed by atoms with Crippen LogP contribution in [0.3, 0.4) is 0 Å². The summed E-state index contributed by atoms with van der Waals surface area (Å²) in [6, 6.07) is 20.5. The third-order valence-corrected chi connectivity index (χ3v) is 5.66. The number of nitrogens with two attached hydrogens (primary N) is 1. The minimum Gasteiger partial charge on any atom is -0.485 e. The van der Waals surface area contributed by atoms with Gasteiger partial charge in [0.25, 0.3) is 0 Å². The summed E-state index contributed by atoms with van der Waals surface area (Å²) in [4.78, 5) is 23.9. The van der Waals surface area contributed by atoms with Crippen molar-refractivity contribution in [1.29, 1.82) is 0 Å². The standard InChI is InChI=1S/C28H27NO6/c1-2-33-27(32)15-20-7-3-4-9-24(20)35-25(16-26(30)31)22-13-21-10-11-34-28(21)23(14-22)19-8-5-6-18(12-19)17-29/h3-14,25H,2,15-17,29H2,1H3,(H,30,31). The minimum atomic E-state index is -1.00. The molecular formula is C28H27NO6. The van der Waals surface area contributed by atoms with Gasteiger partial charge in [-0.3, -0.25) is 9.59 Å². The lowest BCUT2D eigenvalue weighted by Crippen LogP contribution is -2.15. The van der Waals surface area contributed by atoms with Gasteiger partial charge in [0.05, 0.1) is 25.7 Å². The van der Waals surface area contributed by atoms with E-state index in [1.54, 1.807) is 37.5 Å². The Balaban J connectivity index is 1.76. The van der Waals surface area contributed by atoms with E-state index in [1.807, 2.05) is 42.5 Å². The molecule has 0 aliphatic carbocycles. The number of carbonyl (C=O) groups is 2. The van der Waals surface area contributed by atoms with Gasteiger partial charge >= 0.3 is 11.9 Å². The van der Waals surface area contributed by atoms with Crippen molar-refractivity contribution in [3.05, 3.63) is 89.7 Å². The maximum absolute atomic E-state index is 12.1. The number of rotatable bonds is 10. The molecule has 3 aromatic carbocycles. The highest BCUT2D eigenvalue weighted by atomic mass is 16.5. The van der Waals surface area contributed by atoms with Gasteiger partial charge in [0.15, 0.2) is 0 Å². The van der Waals surface area contributed by atoms with Crippen molar-refractivity contribution in [1.82, 2.24) is 0 Å². The average molecular weight is 474 g/mol. The first-order valence-corrected chi connectivity index (χ1v) is 11.4. The quantitative estimate of drug-likeness (QED) is 0.302. The third kappa shape index (κ3) is 5.70. The molecule has 4 rings (SSSR count). The zero-order valence-electron chi connectivity index (χ0n) is 19.4. The zero-order chi connectivity index (χ0) is 24.8. The summed E-state index contributed by atoms with van der Waals surface area (Å²) < 4.78 is 17.1. The fraction of sp³-hybridized carbons (Fsp3) is 0.214. The molecule has 3 N–H and O–H groups in total. The Morgan fingerprint density at radius 3 is 2.66 bits per heavy atom. The fourth-order valence-corrected chi connectivity index (χ4v) is 4.04. The Labute approximate surface area is 203 Å². The number of hydrogen-bond acceptors (Lipinski definition) is 6. The van der Waals surface area contributed by atoms with Gasteiger partial charge in [-0.2, -0.15) is 0 Å². The lowest BCUT2D eigenvalue weighted by molar-refractivity contribution is -0.142. The minimum absolute atomic E-state index is 0.0295. The maximum atomic E-state index is 12.1. The molecule has 0 amide bonds. The van der Waals surface area contributed by atoms with E-state index in [0.29, 0.717) is 29.0 Å². The first kappa shape index (κ1) is 24.0. The van der Waals surface area contributed by atoms with Crippen LogP contribution in [0.4, 0.5) is 0 Å². The molecule has 0 spiro atoms. The molecule has 0 radical (unpaired) electrons. The Morgan fingerprint density at radius 2 is 1.89 bits per heavy atom. The molecule has 1 heterocycles. The molecule has 7 nitrogen and oxygen atoms in total. The summed E-state index contributed by atoms with van der Waals surface area (Å²) in [5, 5.41) is 10.5. The zero-order valence-corrected chi connectivity index (χ0v) is 19.4. The Morgan fingerprint density at radius 1 is 1.06 bits per heavy atom. The molecule has 4 aromatic rings. The van der Waals surface area contributed by atoms with Crippen molar-refractivity contribution in [2.45, 2.75) is 32.4 Å². The van der Waals surface area contributed by atoms with Crippen molar-refractivity contribution < 1.29 is 28.6 Å². The van der Waals surface area contributed by atoms with Crippen LogP contribution in [0, 0.1) is 0 Å². The number of para-hydroxylation sites is 1. The highest BCUT2D eigenvalue weighted by molar-refractivity contribution is 5.93. The molecular weight excluding hydrogens is 446 g/mol. The average Bonchev–Trinajstić information content (AvgIpc) is 3.33. The number of ether oxygens (including phenoxy) is 2. The van der Waals surface area contributed by atoms with Crippen molar-refractivity contribution in [3.63, 3.8) is 0 Å². The number of carboxylic acids is 1. The number of carboxylic acid groups (broad SMARTS) is 1. The summed E-state index contributed by atoms with van der Waals surface area (Å²) in [5.74, 6) is -0.942. The van der Waals surface area contributed by atoms with Crippen LogP contribution in [0.15, 0.2) is 77.4 Å². The molecule has 0 aliphatic heterocycles. The van der Waals surface area contributed by atoms with Gasteiger partial charge in [0, 0.05) is 23.1 Å². The first-order chi connectivity index (χ1) is 17.0. The lowest BCUT2D eigenvalue weighted by Gasteiger charge is -2.21. The molecule has 0 fully saturated rings. The third-order valence-electron chi connectivity index (χ3n) is 5.66. The predicted molar refractivity (Wildman–Crippen MR) is 132 cm³/mol. The van der Waals surface area contributed by atoms with Gasteiger partial charge in [-0.05, 0) is 53.9 Å². The molecule has 0 aliphatic rings. The van der Waals surface area contributed by atoms with Gasteiger partial charge in [-0.15, -0.1) is 0 Å². The highest BCUT2D eigenvalue weighted by Crippen LogP contribution is 2.36. The van der Waals surface area contributed by atoms with E-state index < -0.39 is 12.1 Å². The van der Waals surface area contributed by atoms with Crippen LogP contribution >= 0.6 is 0 Å². The van der Waals surface area contributed by atoms with E-state index >= 15 is 0 Å². The molecule has 0 saturated carbocycles. The van der Waals surface area contributed by atoms with Crippen LogP contribution < -0.4 is 10.5 Å². The largest absolute Gasteiger partial charge is 0.485 e. The van der Waals surface area contributed by atoms with E-state index in [0.717, 1.165) is 22.1 Å². The normalized spacial score (nSPS) is 11.8. The van der Waals surface area contributed by atoms with E-state index in [-0.39, 0.29) is 25.4 Å². The van der Waals surface area contributed by atoms with Crippen molar-refractivity contribution in [2.75, 3.05) is 6.61 Å². The number of furan rings is 1. The molecule has 180 valence electrons. The van der Waals surface area contributed by atoms with Crippen LogP contribution in [0.5, 0.6) is 5.75 Å². The van der Waals surface area contributed by atoms with Crippen LogP contribution in [0.1, 0.15) is 36.1 Å². The topological polar surface area (TPSA) is 112 Å². The number of carbonyl (C=O) groups excluding carboxylic acids is 1. The summed E-state index contributed by atoms with van der Waals surface area (Å²) in [6.07, 6.45) is 0.569. The predicted octanol–water partition coefficient (Wildman–Crippen LogP) is 5.26. The van der Waals surface area contributed by atoms with Gasteiger partial charge in [-0.1, -0.05) is 36.4 Å². The van der Waals surface area contributed by atoms with Crippen LogP contribution in [0.2, 0.25) is 0 Å². The van der Waals surface area contributed by atoms with Gasteiger partial charge in [0.1, 0.15) is 17.4 Å². The first-order valence-electron chi connectivity index (χ1n) is 11.4. The van der Waals surface area contributed by atoms with E-state index in [9.17, 15) is 14.7 Å². The SMILES string of the molecule is CCOC(=O)Cc1ccccc1OC(CC(=O)O)c1cc(-c2cccc(CN)c2)c2occc2c1. The molecule has 1 atom stereocenters. The molecule has 35 heavy (non-hydrogen) atoms. The second-order valence-electron chi connectivity index (χ2n) is 8.11. The number of benzene rings is 3. The van der Waals surface area contributed by atoms with Crippen LogP contribution in [-0.4, -0.2) is 23.7 Å². The number of hydrogen-bond donors (Lipinski definition) is 2. The van der Waals surface area contributed by atoms with Gasteiger partial charge in [0.2, 0.25) is 0 Å². The molecule has 0 bridgehead atoms. The Bertz CT molecular complexity index is 1340. The van der Waals surface area contributed by atoms with Crippen LogP contribution in [-0.2, 0) is 27.3 Å². The number of fused-ring (bicyclic) bond motifs is 1. The monoisotopic (exact) mass is 473 g/mol. The van der Waals surface area contributed by atoms with Gasteiger partial charge < -0.3 is 24.7 Å². The molecule has 7 heteroatoms. The summed E-state index contributed by atoms with van der Waals surface area (Å²) >= 11 is 0. The highest BCUT2D eigenvalue weighted by Gasteiger charge is 2.22. The number of aliphatic carboxylic acids is 1. The van der Waals surface area contributed by atoms with Crippen molar-refractivity contribution in [3.8, 4) is 16.9 Å². The lowest BCUT2D eigenvalue weighted by atomic mass is 9.95. The van der Waals surface area contributed by atoms with E-state index in [1.165, 1.54) is 0 Å². The molecule has 1 unspecified atom stereocenters. The molecule has 1 aromatic heterocycles. The summed E-state index contributed by atoms with van der Waals surface area (Å²) in [5.41, 5.74) is 10.5. The van der Waals surface area contributed by atoms with E-state index in [4.69, 9.17) is 19.6 Å². The Kier molecular flexibility index (Phi) is 7.48. The summed E-state index contributed by atoms with van der Waals surface area (Å²) in [6.45, 7) is 2.43. The van der Waals surface area contributed by atoms with Gasteiger partial charge in [-0.25, -0.2) is 0 Å². The fourth-order valence-electron chi connectivity index (χ4n) is 4.04. The second-order valence-corrected chi connectivity index (χ2v) is 8.11. The van der Waals surface area contributed by atoms with E-state index in [2.05, 4.69) is 0 Å². The second kappa shape index (κ2) is 10.9. The van der Waals surface area contributed by atoms with Crippen LogP contribution in [0.25, 0.3) is 22.1 Å². The van der Waals surface area contributed by atoms with Crippen molar-refractivity contribution >= 4 is 22.9 Å². The number of esters is 1. The Hall–Kier alpha value is -4.10. The van der Waals surface area contributed by atoms with Crippen molar-refractivity contribution in [2.24, 2.45) is 5.73 Å². The maximum Gasteiger partial charge on any atom is 0.310 e. The molecule has 0 saturated heterocycles. The smallest absolute Gasteiger partial charge is 0.310 e. The summed E-state index contributed by atoms with van der Waals surface area (Å²) in [7, 11) is 0.